The Morgan fingerprint density at radius 2 is 2.05 bits per heavy atom. The zero-order chi connectivity index (χ0) is 16.2. The summed E-state index contributed by atoms with van der Waals surface area (Å²) in [6.07, 6.45) is -3.53. The largest absolute Gasteiger partial charge is 0.393 e. The summed E-state index contributed by atoms with van der Waals surface area (Å²) in [7, 11) is 0. The van der Waals surface area contributed by atoms with Crippen LogP contribution in [0.4, 0.5) is 23.2 Å². The van der Waals surface area contributed by atoms with Gasteiger partial charge in [-0.05, 0) is 31.5 Å². The van der Waals surface area contributed by atoms with Crippen molar-refractivity contribution in [1.82, 2.24) is 4.90 Å². The molecule has 7 heteroatoms. The minimum atomic E-state index is -4.19. The average molecular weight is 318 g/mol. The van der Waals surface area contributed by atoms with E-state index in [1.165, 1.54) is 18.2 Å². The molecular weight excluding hydrogens is 300 g/mol. The van der Waals surface area contributed by atoms with Gasteiger partial charge in [0.05, 0.1) is 11.6 Å². The molecule has 1 heterocycles. The number of nitrogens with zero attached hydrogens (tertiary/aromatic N) is 1. The number of likely N-dealkylation sites (tertiary alicyclic amines) is 1. The first kappa shape index (κ1) is 16.7. The maximum Gasteiger partial charge on any atom is 0.393 e. The molecule has 1 aromatic rings. The third kappa shape index (κ3) is 4.69. The number of hydrogen-bond donors (Lipinski definition) is 1. The predicted molar refractivity (Wildman–Crippen MR) is 74.9 cm³/mol. The van der Waals surface area contributed by atoms with E-state index in [2.05, 4.69) is 5.32 Å². The van der Waals surface area contributed by atoms with E-state index in [-0.39, 0.29) is 31.6 Å². The number of benzene rings is 1. The Hall–Kier alpha value is -1.63. The van der Waals surface area contributed by atoms with Crippen LogP contribution in [0, 0.1) is 11.7 Å². The van der Waals surface area contributed by atoms with E-state index in [4.69, 9.17) is 0 Å². The molecule has 0 unspecified atom stereocenters. The monoisotopic (exact) mass is 318 g/mol. The molecule has 1 saturated heterocycles. The number of para-hydroxylation sites is 1. The van der Waals surface area contributed by atoms with Gasteiger partial charge in [-0.15, -0.1) is 0 Å². The molecule has 3 nitrogen and oxygen atoms in total. The van der Waals surface area contributed by atoms with Gasteiger partial charge in [0, 0.05) is 19.5 Å². The molecule has 1 aliphatic rings. The molecule has 1 fully saturated rings. The fourth-order valence-electron chi connectivity index (χ4n) is 2.56. The standard InChI is InChI=1S/C15H18F4N2O/c16-12-5-1-2-6-13(12)20-14(22)7-9-21-8-3-4-11(10-21)15(17,18)19/h1-2,5-6,11H,3-4,7-10H2,(H,20,22)/t11-/m0/s1. The molecule has 1 N–H and O–H groups in total. The molecule has 1 aliphatic heterocycles. The molecule has 0 radical (unpaired) electrons. The molecule has 0 aliphatic carbocycles. The van der Waals surface area contributed by atoms with Crippen LogP contribution in [-0.4, -0.2) is 36.6 Å². The number of nitrogens with one attached hydrogen (secondary N) is 1. The van der Waals surface area contributed by atoms with Gasteiger partial charge in [-0.25, -0.2) is 4.39 Å². The lowest BCUT2D eigenvalue weighted by Gasteiger charge is -2.33. The number of rotatable bonds is 4. The predicted octanol–water partition coefficient (Wildman–Crippen LogP) is 3.43. The first-order valence-corrected chi connectivity index (χ1v) is 7.19. The highest BCUT2D eigenvalue weighted by Crippen LogP contribution is 2.33. The van der Waals surface area contributed by atoms with Crippen LogP contribution >= 0.6 is 0 Å². The average Bonchev–Trinajstić information content (AvgIpc) is 2.47. The summed E-state index contributed by atoms with van der Waals surface area (Å²) in [5.74, 6) is -2.26. The van der Waals surface area contributed by atoms with Crippen LogP contribution in [0.15, 0.2) is 24.3 Å². The lowest BCUT2D eigenvalue weighted by atomic mass is 9.97. The highest BCUT2D eigenvalue weighted by Gasteiger charge is 2.41. The third-order valence-electron chi connectivity index (χ3n) is 3.77. The zero-order valence-corrected chi connectivity index (χ0v) is 12.0. The quantitative estimate of drug-likeness (QED) is 0.863. The second kappa shape index (κ2) is 7.09. The number of alkyl halides is 3. The third-order valence-corrected chi connectivity index (χ3v) is 3.77. The lowest BCUT2D eigenvalue weighted by molar-refractivity contribution is -0.186. The summed E-state index contributed by atoms with van der Waals surface area (Å²) in [6.45, 7) is 0.725. The molecule has 1 atom stereocenters. The summed E-state index contributed by atoms with van der Waals surface area (Å²) in [5.41, 5.74) is 0.0827. The highest BCUT2D eigenvalue weighted by molar-refractivity contribution is 5.90. The van der Waals surface area contributed by atoms with Gasteiger partial charge in [-0.1, -0.05) is 12.1 Å². The fourth-order valence-corrected chi connectivity index (χ4v) is 2.56. The number of piperidine rings is 1. The van der Waals surface area contributed by atoms with E-state index in [0.29, 0.717) is 13.0 Å². The molecule has 0 spiro atoms. The van der Waals surface area contributed by atoms with Gasteiger partial charge in [0.15, 0.2) is 0 Å². The fraction of sp³-hybridized carbons (Fsp3) is 0.533. The highest BCUT2D eigenvalue weighted by atomic mass is 19.4. The summed E-state index contributed by atoms with van der Waals surface area (Å²) in [6, 6.07) is 5.77. The first-order valence-electron chi connectivity index (χ1n) is 7.19. The van der Waals surface area contributed by atoms with Crippen LogP contribution < -0.4 is 5.32 Å². The molecule has 1 amide bonds. The SMILES string of the molecule is O=C(CCN1CCC[C@H](C(F)(F)F)C1)Nc1ccccc1F. The van der Waals surface area contributed by atoms with Gasteiger partial charge in [0.1, 0.15) is 5.82 Å². The summed E-state index contributed by atoms with van der Waals surface area (Å²) < 4.78 is 51.5. The molecule has 1 aromatic carbocycles. The van der Waals surface area contributed by atoms with Crippen molar-refractivity contribution in [2.75, 3.05) is 25.0 Å². The first-order chi connectivity index (χ1) is 10.4. The van der Waals surface area contributed by atoms with Crippen molar-refractivity contribution in [3.8, 4) is 0 Å². The van der Waals surface area contributed by atoms with Crippen LogP contribution in [0.25, 0.3) is 0 Å². The Morgan fingerprint density at radius 1 is 1.32 bits per heavy atom. The van der Waals surface area contributed by atoms with Crippen molar-refractivity contribution in [2.24, 2.45) is 5.92 Å². The van der Waals surface area contributed by atoms with Crippen LogP contribution in [0.1, 0.15) is 19.3 Å². The lowest BCUT2D eigenvalue weighted by Crippen LogP contribution is -2.42. The maximum absolute atomic E-state index is 13.4. The second-order valence-corrected chi connectivity index (χ2v) is 5.46. The van der Waals surface area contributed by atoms with E-state index in [1.807, 2.05) is 0 Å². The number of carbonyl (C=O) groups is 1. The Bertz CT molecular complexity index is 519. The van der Waals surface area contributed by atoms with Crippen LogP contribution in [-0.2, 0) is 4.79 Å². The Labute approximate surface area is 126 Å². The zero-order valence-electron chi connectivity index (χ0n) is 12.0. The van der Waals surface area contributed by atoms with Gasteiger partial charge < -0.3 is 10.2 Å². The molecule has 0 aromatic heterocycles. The van der Waals surface area contributed by atoms with E-state index in [0.717, 1.165) is 0 Å². The summed E-state index contributed by atoms with van der Waals surface area (Å²) in [4.78, 5) is 13.4. The molecule has 2 rings (SSSR count). The Morgan fingerprint density at radius 3 is 2.73 bits per heavy atom. The van der Waals surface area contributed by atoms with E-state index in [9.17, 15) is 22.4 Å². The maximum atomic E-state index is 13.4. The van der Waals surface area contributed by atoms with Gasteiger partial charge in [-0.3, -0.25) is 4.79 Å². The van der Waals surface area contributed by atoms with Crippen LogP contribution in [0.5, 0.6) is 0 Å². The minimum Gasteiger partial charge on any atom is -0.324 e. The minimum absolute atomic E-state index is 0.0406. The van der Waals surface area contributed by atoms with Gasteiger partial charge in [-0.2, -0.15) is 13.2 Å². The van der Waals surface area contributed by atoms with Crippen molar-refractivity contribution in [1.29, 1.82) is 0 Å². The second-order valence-electron chi connectivity index (χ2n) is 5.46. The number of halogens is 4. The Kier molecular flexibility index (Phi) is 5.39. The Balaban J connectivity index is 1.80. The van der Waals surface area contributed by atoms with Gasteiger partial charge >= 0.3 is 6.18 Å². The van der Waals surface area contributed by atoms with E-state index >= 15 is 0 Å². The molecule has 0 bridgehead atoms. The molecule has 0 saturated carbocycles. The van der Waals surface area contributed by atoms with E-state index in [1.54, 1.807) is 11.0 Å². The van der Waals surface area contributed by atoms with Crippen LogP contribution in [0.2, 0.25) is 0 Å². The smallest absolute Gasteiger partial charge is 0.324 e. The topological polar surface area (TPSA) is 32.3 Å². The molecule has 22 heavy (non-hydrogen) atoms. The summed E-state index contributed by atoms with van der Waals surface area (Å²) >= 11 is 0. The van der Waals surface area contributed by atoms with Gasteiger partial charge in [0.2, 0.25) is 5.91 Å². The van der Waals surface area contributed by atoms with Crippen molar-refractivity contribution in [2.45, 2.75) is 25.4 Å². The molecule has 122 valence electrons. The number of hydrogen-bond acceptors (Lipinski definition) is 2. The van der Waals surface area contributed by atoms with E-state index < -0.39 is 23.8 Å². The van der Waals surface area contributed by atoms with Gasteiger partial charge in [0.25, 0.3) is 0 Å². The van der Waals surface area contributed by atoms with Crippen molar-refractivity contribution < 1.29 is 22.4 Å². The summed E-state index contributed by atoms with van der Waals surface area (Å²) in [5, 5.41) is 2.43. The number of carbonyl (C=O) groups excluding carboxylic acids is 1. The van der Waals surface area contributed by atoms with Crippen molar-refractivity contribution in [3.05, 3.63) is 30.1 Å². The molecular formula is C15H18F4N2O. The van der Waals surface area contributed by atoms with Crippen molar-refractivity contribution >= 4 is 11.6 Å². The van der Waals surface area contributed by atoms with Crippen LogP contribution in [0.3, 0.4) is 0 Å². The number of amides is 1. The van der Waals surface area contributed by atoms with Crippen molar-refractivity contribution in [3.63, 3.8) is 0 Å². The normalized spacial score (nSPS) is 19.9. The number of anilines is 1.